The fourth-order valence-corrected chi connectivity index (χ4v) is 2.99. The number of carbonyl (C=O) groups is 2. The lowest BCUT2D eigenvalue weighted by molar-refractivity contribution is -0.147. The van der Waals surface area contributed by atoms with Crippen LogP contribution in [0.15, 0.2) is 0 Å². The average molecular weight is 268 g/mol. The van der Waals surface area contributed by atoms with E-state index in [0.29, 0.717) is 6.54 Å². The second-order valence-electron chi connectivity index (χ2n) is 5.41. The summed E-state index contributed by atoms with van der Waals surface area (Å²) in [6.07, 6.45) is 7.24. The summed E-state index contributed by atoms with van der Waals surface area (Å²) in [7, 11) is 1.39. The Bertz CT molecular complexity index is 325. The van der Waals surface area contributed by atoms with Gasteiger partial charge in [-0.15, -0.1) is 0 Å². The summed E-state index contributed by atoms with van der Waals surface area (Å²) in [5.41, 5.74) is 0. The van der Waals surface area contributed by atoms with E-state index in [-0.39, 0.29) is 18.0 Å². The summed E-state index contributed by atoms with van der Waals surface area (Å²) in [4.78, 5) is 28.0. The van der Waals surface area contributed by atoms with Crippen LogP contribution in [0.1, 0.15) is 44.9 Å². The molecule has 0 aliphatic carbocycles. The summed E-state index contributed by atoms with van der Waals surface area (Å²) in [5.74, 6) is -0.275. The third-order valence-corrected chi connectivity index (χ3v) is 4.10. The van der Waals surface area contributed by atoms with Gasteiger partial charge in [0.15, 0.2) is 0 Å². The van der Waals surface area contributed by atoms with Crippen LogP contribution in [0.5, 0.6) is 0 Å². The fraction of sp³-hybridized carbons (Fsp3) is 0.857. The number of hydrogen-bond donors (Lipinski definition) is 0. The lowest BCUT2D eigenvalue weighted by Crippen LogP contribution is -2.53. The Hall–Kier alpha value is -1.26. The molecule has 0 bridgehead atoms. The fourth-order valence-electron chi connectivity index (χ4n) is 2.99. The van der Waals surface area contributed by atoms with Crippen LogP contribution in [-0.4, -0.2) is 54.6 Å². The quantitative estimate of drug-likeness (QED) is 0.684. The van der Waals surface area contributed by atoms with E-state index in [0.717, 1.165) is 45.2 Å². The highest BCUT2D eigenvalue weighted by Gasteiger charge is 2.35. The maximum absolute atomic E-state index is 12.6. The zero-order valence-electron chi connectivity index (χ0n) is 11.8. The molecule has 0 N–H and O–H groups in total. The summed E-state index contributed by atoms with van der Waals surface area (Å²) < 4.78 is 4.83. The highest BCUT2D eigenvalue weighted by molar-refractivity contribution is 5.84. The number of piperidine rings is 1. The molecule has 2 fully saturated rings. The second-order valence-corrected chi connectivity index (χ2v) is 5.41. The number of rotatable bonds is 1. The van der Waals surface area contributed by atoms with Crippen LogP contribution in [-0.2, 0) is 9.53 Å². The van der Waals surface area contributed by atoms with Crippen molar-refractivity contribution < 1.29 is 14.3 Å². The molecule has 2 rings (SSSR count). The predicted molar refractivity (Wildman–Crippen MR) is 71.8 cm³/mol. The molecule has 2 heterocycles. The monoisotopic (exact) mass is 268 g/mol. The average Bonchev–Trinajstić information content (AvgIpc) is 2.74. The number of amides is 2. The van der Waals surface area contributed by atoms with Crippen LogP contribution in [0.3, 0.4) is 0 Å². The molecule has 0 saturated carbocycles. The predicted octanol–water partition coefficient (Wildman–Crippen LogP) is 2.01. The van der Waals surface area contributed by atoms with E-state index in [1.54, 1.807) is 4.90 Å². The standard InChI is InChI=1S/C14H24N2O3/c1-19-13(17)12-8-4-7-11-16(12)14(18)15-9-5-2-3-6-10-15/h12H,2-11H2,1H3. The minimum Gasteiger partial charge on any atom is -0.467 e. The number of urea groups is 1. The van der Waals surface area contributed by atoms with Crippen LogP contribution in [0.25, 0.3) is 0 Å². The van der Waals surface area contributed by atoms with Crippen LogP contribution in [0.2, 0.25) is 0 Å². The maximum Gasteiger partial charge on any atom is 0.328 e. The topological polar surface area (TPSA) is 49.9 Å². The largest absolute Gasteiger partial charge is 0.467 e. The molecule has 19 heavy (non-hydrogen) atoms. The summed E-state index contributed by atoms with van der Waals surface area (Å²) in [6, 6.07) is -0.355. The van der Waals surface area contributed by atoms with Gasteiger partial charge in [0.2, 0.25) is 0 Å². The Balaban J connectivity index is 2.03. The number of carbonyl (C=O) groups excluding carboxylic acids is 2. The van der Waals surface area contributed by atoms with E-state index < -0.39 is 0 Å². The molecule has 2 aliphatic rings. The molecular formula is C14H24N2O3. The van der Waals surface area contributed by atoms with Crippen molar-refractivity contribution >= 4 is 12.0 Å². The first-order chi connectivity index (χ1) is 9.24. The molecule has 1 unspecified atom stereocenters. The van der Waals surface area contributed by atoms with Crippen molar-refractivity contribution in [2.45, 2.75) is 51.0 Å². The highest BCUT2D eigenvalue weighted by atomic mass is 16.5. The van der Waals surface area contributed by atoms with Gasteiger partial charge in [-0.05, 0) is 32.1 Å². The Morgan fingerprint density at radius 3 is 2.21 bits per heavy atom. The number of likely N-dealkylation sites (tertiary alicyclic amines) is 2. The van der Waals surface area contributed by atoms with Crippen molar-refractivity contribution in [3.05, 3.63) is 0 Å². The lowest BCUT2D eigenvalue weighted by atomic mass is 10.0. The van der Waals surface area contributed by atoms with Gasteiger partial charge in [-0.1, -0.05) is 12.8 Å². The first kappa shape index (κ1) is 14.2. The molecule has 5 nitrogen and oxygen atoms in total. The van der Waals surface area contributed by atoms with E-state index in [2.05, 4.69) is 0 Å². The van der Waals surface area contributed by atoms with Crippen molar-refractivity contribution in [2.75, 3.05) is 26.7 Å². The van der Waals surface area contributed by atoms with Gasteiger partial charge in [-0.25, -0.2) is 9.59 Å². The molecule has 5 heteroatoms. The summed E-state index contributed by atoms with van der Waals surface area (Å²) >= 11 is 0. The normalized spacial score (nSPS) is 24.8. The van der Waals surface area contributed by atoms with Gasteiger partial charge in [-0.2, -0.15) is 0 Å². The van der Waals surface area contributed by atoms with E-state index in [9.17, 15) is 9.59 Å². The first-order valence-electron chi connectivity index (χ1n) is 7.37. The Morgan fingerprint density at radius 2 is 1.58 bits per heavy atom. The van der Waals surface area contributed by atoms with E-state index >= 15 is 0 Å². The molecule has 2 aliphatic heterocycles. The molecule has 108 valence electrons. The van der Waals surface area contributed by atoms with Crippen molar-refractivity contribution in [2.24, 2.45) is 0 Å². The minimum atomic E-state index is -0.380. The van der Waals surface area contributed by atoms with Gasteiger partial charge in [0.05, 0.1) is 7.11 Å². The Morgan fingerprint density at radius 1 is 0.947 bits per heavy atom. The second kappa shape index (κ2) is 6.78. The number of esters is 1. The molecule has 0 radical (unpaired) electrons. The van der Waals surface area contributed by atoms with Gasteiger partial charge in [-0.3, -0.25) is 0 Å². The molecule has 2 saturated heterocycles. The maximum atomic E-state index is 12.6. The summed E-state index contributed by atoms with van der Waals surface area (Å²) in [6.45, 7) is 2.32. The highest BCUT2D eigenvalue weighted by Crippen LogP contribution is 2.21. The zero-order valence-corrected chi connectivity index (χ0v) is 11.8. The van der Waals surface area contributed by atoms with E-state index in [1.807, 2.05) is 4.90 Å². The molecule has 0 aromatic heterocycles. The van der Waals surface area contributed by atoms with Crippen molar-refractivity contribution in [3.63, 3.8) is 0 Å². The smallest absolute Gasteiger partial charge is 0.328 e. The molecular weight excluding hydrogens is 244 g/mol. The first-order valence-corrected chi connectivity index (χ1v) is 7.37. The van der Waals surface area contributed by atoms with Gasteiger partial charge < -0.3 is 14.5 Å². The third kappa shape index (κ3) is 3.39. The molecule has 0 spiro atoms. The van der Waals surface area contributed by atoms with E-state index in [1.165, 1.54) is 20.0 Å². The van der Waals surface area contributed by atoms with Crippen molar-refractivity contribution in [1.29, 1.82) is 0 Å². The number of hydrogen-bond acceptors (Lipinski definition) is 3. The van der Waals surface area contributed by atoms with Gasteiger partial charge in [0.25, 0.3) is 0 Å². The van der Waals surface area contributed by atoms with Gasteiger partial charge >= 0.3 is 12.0 Å². The molecule has 0 aromatic carbocycles. The van der Waals surface area contributed by atoms with Gasteiger partial charge in [0, 0.05) is 19.6 Å². The van der Waals surface area contributed by atoms with Crippen molar-refractivity contribution in [1.82, 2.24) is 9.80 Å². The summed E-state index contributed by atoms with van der Waals surface area (Å²) in [5, 5.41) is 0. The molecule has 1 atom stereocenters. The van der Waals surface area contributed by atoms with Crippen LogP contribution < -0.4 is 0 Å². The lowest BCUT2D eigenvalue weighted by Gasteiger charge is -2.37. The van der Waals surface area contributed by atoms with Crippen LogP contribution >= 0.6 is 0 Å². The Kier molecular flexibility index (Phi) is 5.05. The number of ether oxygens (including phenoxy) is 1. The minimum absolute atomic E-state index is 0.0250. The third-order valence-electron chi connectivity index (χ3n) is 4.10. The number of methoxy groups -OCH3 is 1. The van der Waals surface area contributed by atoms with Crippen molar-refractivity contribution in [3.8, 4) is 0 Å². The van der Waals surface area contributed by atoms with E-state index in [4.69, 9.17) is 4.74 Å². The van der Waals surface area contributed by atoms with Gasteiger partial charge in [0.1, 0.15) is 6.04 Å². The molecule has 0 aromatic rings. The van der Waals surface area contributed by atoms with Crippen LogP contribution in [0.4, 0.5) is 4.79 Å². The molecule has 2 amide bonds. The SMILES string of the molecule is COC(=O)C1CCCCN1C(=O)N1CCCCCC1. The van der Waals surface area contributed by atoms with Crippen LogP contribution in [0, 0.1) is 0 Å². The number of nitrogens with zero attached hydrogens (tertiary/aromatic N) is 2. The Labute approximate surface area is 114 Å². The zero-order chi connectivity index (χ0) is 13.7.